The van der Waals surface area contributed by atoms with Gasteiger partial charge in [-0.05, 0) is 44.4 Å². The Balaban J connectivity index is 1.32. The van der Waals surface area contributed by atoms with E-state index in [-0.39, 0.29) is 12.0 Å². The molecule has 0 aliphatic carbocycles. The van der Waals surface area contributed by atoms with E-state index in [0.29, 0.717) is 12.6 Å². The van der Waals surface area contributed by atoms with Gasteiger partial charge in [0.15, 0.2) is 11.6 Å². The molecular formula is C20H26F2N4O. The number of halogens is 2. The Hall–Kier alpha value is -1.99. The number of hydrogen-bond acceptors (Lipinski definition) is 4. The summed E-state index contributed by atoms with van der Waals surface area (Å²) >= 11 is 0. The number of aromatic nitrogens is 2. The summed E-state index contributed by atoms with van der Waals surface area (Å²) in [5.41, 5.74) is 2.78. The number of aliphatic hydroxyl groups is 1. The monoisotopic (exact) mass is 376 g/mol. The fourth-order valence-corrected chi connectivity index (χ4v) is 4.40. The maximum atomic E-state index is 13.5. The molecule has 0 amide bonds. The molecule has 0 unspecified atom stereocenters. The van der Waals surface area contributed by atoms with Crippen molar-refractivity contribution in [2.75, 3.05) is 31.1 Å². The zero-order chi connectivity index (χ0) is 19.0. The van der Waals surface area contributed by atoms with Crippen LogP contribution in [0.5, 0.6) is 0 Å². The van der Waals surface area contributed by atoms with Gasteiger partial charge >= 0.3 is 0 Å². The molecule has 2 N–H and O–H groups in total. The van der Waals surface area contributed by atoms with Gasteiger partial charge in [-0.1, -0.05) is 0 Å². The van der Waals surface area contributed by atoms with Crippen molar-refractivity contribution in [3.05, 3.63) is 47.3 Å². The summed E-state index contributed by atoms with van der Waals surface area (Å²) in [6, 6.07) is 6.56. The Morgan fingerprint density at radius 3 is 2.59 bits per heavy atom. The zero-order valence-corrected chi connectivity index (χ0v) is 15.5. The molecule has 7 heteroatoms. The van der Waals surface area contributed by atoms with Crippen molar-refractivity contribution >= 4 is 5.69 Å². The number of aliphatic hydroxyl groups excluding tert-OH is 1. The van der Waals surface area contributed by atoms with Gasteiger partial charge in [0.25, 0.3) is 0 Å². The van der Waals surface area contributed by atoms with E-state index in [2.05, 4.69) is 20.0 Å². The Morgan fingerprint density at radius 2 is 1.93 bits per heavy atom. The Labute approximate surface area is 158 Å². The van der Waals surface area contributed by atoms with E-state index in [4.69, 9.17) is 0 Å². The minimum Gasteiger partial charge on any atom is -0.391 e. The molecule has 27 heavy (non-hydrogen) atoms. The number of benzene rings is 1. The van der Waals surface area contributed by atoms with E-state index in [9.17, 15) is 13.9 Å². The number of nitrogens with zero attached hydrogens (tertiary/aromatic N) is 3. The second kappa shape index (κ2) is 7.56. The molecule has 2 aliphatic heterocycles. The molecule has 1 aromatic heterocycles. The first kappa shape index (κ1) is 18.4. The molecule has 2 atom stereocenters. The molecule has 0 radical (unpaired) electrons. The number of aromatic amines is 1. The number of anilines is 1. The summed E-state index contributed by atoms with van der Waals surface area (Å²) < 4.78 is 26.6. The van der Waals surface area contributed by atoms with E-state index in [0.717, 1.165) is 56.0 Å². The molecule has 5 nitrogen and oxygen atoms in total. The third-order valence-electron chi connectivity index (χ3n) is 5.91. The van der Waals surface area contributed by atoms with Crippen LogP contribution in [0, 0.1) is 24.5 Å². The highest BCUT2D eigenvalue weighted by molar-refractivity contribution is 5.47. The van der Waals surface area contributed by atoms with Crippen molar-refractivity contribution in [2.45, 2.75) is 38.3 Å². The van der Waals surface area contributed by atoms with Gasteiger partial charge in [-0.2, -0.15) is 5.10 Å². The van der Waals surface area contributed by atoms with Crippen molar-refractivity contribution in [1.82, 2.24) is 15.1 Å². The fourth-order valence-electron chi connectivity index (χ4n) is 4.40. The zero-order valence-electron chi connectivity index (χ0n) is 15.5. The topological polar surface area (TPSA) is 55.4 Å². The van der Waals surface area contributed by atoms with Gasteiger partial charge in [-0.15, -0.1) is 0 Å². The largest absolute Gasteiger partial charge is 0.391 e. The predicted octanol–water partition coefficient (Wildman–Crippen LogP) is 2.50. The van der Waals surface area contributed by atoms with E-state index in [1.807, 2.05) is 13.0 Å². The minimum atomic E-state index is -0.808. The van der Waals surface area contributed by atoms with Crippen molar-refractivity contribution in [1.29, 1.82) is 0 Å². The van der Waals surface area contributed by atoms with Crippen LogP contribution in [0.1, 0.15) is 24.2 Å². The minimum absolute atomic E-state index is 0.205. The average molecular weight is 376 g/mol. The SMILES string of the molecule is Cc1cc(C[C@@H]2CN(C3CCN(c4ccc(F)c(F)c4)CC3)C[C@H]2O)n[nH]1. The number of nitrogens with one attached hydrogen (secondary N) is 1. The van der Waals surface area contributed by atoms with Crippen LogP contribution in [0.2, 0.25) is 0 Å². The Bertz CT molecular complexity index is 788. The summed E-state index contributed by atoms with van der Waals surface area (Å²) in [6.45, 7) is 5.18. The van der Waals surface area contributed by atoms with Crippen molar-refractivity contribution in [3.63, 3.8) is 0 Å². The Kier molecular flexibility index (Phi) is 5.14. The lowest BCUT2D eigenvalue weighted by Gasteiger charge is -2.38. The van der Waals surface area contributed by atoms with E-state index < -0.39 is 11.6 Å². The molecule has 2 aliphatic rings. The fraction of sp³-hybridized carbons (Fsp3) is 0.550. The third-order valence-corrected chi connectivity index (χ3v) is 5.91. The number of hydrogen-bond donors (Lipinski definition) is 2. The number of piperidine rings is 1. The number of H-pyrrole nitrogens is 1. The molecule has 4 rings (SSSR count). The van der Waals surface area contributed by atoms with Crippen molar-refractivity contribution in [2.24, 2.45) is 5.92 Å². The lowest BCUT2D eigenvalue weighted by molar-refractivity contribution is 0.131. The molecular weight excluding hydrogens is 350 g/mol. The summed E-state index contributed by atoms with van der Waals surface area (Å²) in [5, 5.41) is 17.7. The van der Waals surface area contributed by atoms with Crippen LogP contribution in [-0.4, -0.2) is 58.5 Å². The van der Waals surface area contributed by atoms with Gasteiger partial charge in [0, 0.05) is 55.6 Å². The number of aryl methyl sites for hydroxylation is 1. The van der Waals surface area contributed by atoms with Gasteiger partial charge in [-0.25, -0.2) is 8.78 Å². The van der Waals surface area contributed by atoms with Crippen molar-refractivity contribution < 1.29 is 13.9 Å². The standard InChI is InChI=1S/C20H26F2N4O/c1-13-8-15(24-23-13)9-14-11-26(12-20(14)27)16-4-6-25(7-5-16)17-2-3-18(21)19(22)10-17/h2-3,8,10,14,16,20,27H,4-7,9,11-12H2,1H3,(H,23,24)/t14-,20-/m1/s1. The lowest BCUT2D eigenvalue weighted by atomic mass is 9.99. The molecule has 2 fully saturated rings. The maximum Gasteiger partial charge on any atom is 0.160 e. The van der Waals surface area contributed by atoms with Gasteiger partial charge in [0.2, 0.25) is 0 Å². The first-order chi connectivity index (χ1) is 13.0. The second-order valence-electron chi connectivity index (χ2n) is 7.84. The van der Waals surface area contributed by atoms with Crippen LogP contribution in [0.3, 0.4) is 0 Å². The Morgan fingerprint density at radius 1 is 1.15 bits per heavy atom. The van der Waals surface area contributed by atoms with Crippen LogP contribution < -0.4 is 4.90 Å². The highest BCUT2D eigenvalue weighted by Crippen LogP contribution is 2.29. The molecule has 0 bridgehead atoms. The molecule has 1 aromatic carbocycles. The number of likely N-dealkylation sites (tertiary alicyclic amines) is 1. The number of rotatable bonds is 4. The quantitative estimate of drug-likeness (QED) is 0.861. The predicted molar refractivity (Wildman–Crippen MR) is 99.7 cm³/mol. The molecule has 3 heterocycles. The molecule has 0 saturated carbocycles. The van der Waals surface area contributed by atoms with Gasteiger partial charge in [0.1, 0.15) is 0 Å². The normalized spacial score (nSPS) is 24.7. The van der Waals surface area contributed by atoms with Crippen LogP contribution in [0.4, 0.5) is 14.5 Å². The first-order valence-corrected chi connectivity index (χ1v) is 9.62. The smallest absolute Gasteiger partial charge is 0.160 e. The average Bonchev–Trinajstić information content (AvgIpc) is 3.23. The van der Waals surface area contributed by atoms with Gasteiger partial charge in [-0.3, -0.25) is 10.00 Å². The highest BCUT2D eigenvalue weighted by atomic mass is 19.2. The van der Waals surface area contributed by atoms with Crippen LogP contribution >= 0.6 is 0 Å². The van der Waals surface area contributed by atoms with Crippen LogP contribution in [-0.2, 0) is 6.42 Å². The summed E-state index contributed by atoms with van der Waals surface area (Å²) in [5.74, 6) is -1.40. The number of β-amino-alcohol motifs (C(OH)–C–C–N with tert-alkyl or cyclic N) is 1. The van der Waals surface area contributed by atoms with E-state index in [1.165, 1.54) is 12.1 Å². The summed E-state index contributed by atoms with van der Waals surface area (Å²) in [4.78, 5) is 4.49. The van der Waals surface area contributed by atoms with E-state index in [1.54, 1.807) is 6.07 Å². The molecule has 0 spiro atoms. The molecule has 2 saturated heterocycles. The van der Waals surface area contributed by atoms with Gasteiger partial charge < -0.3 is 10.0 Å². The maximum absolute atomic E-state index is 13.5. The summed E-state index contributed by atoms with van der Waals surface area (Å²) in [7, 11) is 0. The third kappa shape index (κ3) is 3.99. The van der Waals surface area contributed by atoms with Crippen molar-refractivity contribution in [3.8, 4) is 0 Å². The first-order valence-electron chi connectivity index (χ1n) is 9.62. The molecule has 2 aromatic rings. The molecule has 146 valence electrons. The van der Waals surface area contributed by atoms with E-state index >= 15 is 0 Å². The van der Waals surface area contributed by atoms with Crippen LogP contribution in [0.15, 0.2) is 24.3 Å². The second-order valence-corrected chi connectivity index (χ2v) is 7.84. The van der Waals surface area contributed by atoms with Crippen LogP contribution in [0.25, 0.3) is 0 Å². The highest BCUT2D eigenvalue weighted by Gasteiger charge is 2.36. The lowest BCUT2D eigenvalue weighted by Crippen LogP contribution is -2.44. The summed E-state index contributed by atoms with van der Waals surface area (Å²) in [6.07, 6.45) is 2.38. The van der Waals surface area contributed by atoms with Gasteiger partial charge in [0.05, 0.1) is 11.8 Å².